The summed E-state index contributed by atoms with van der Waals surface area (Å²) in [5.74, 6) is 0.568. The van der Waals surface area contributed by atoms with Crippen molar-refractivity contribution in [2.45, 2.75) is 31.4 Å². The number of non-ortho nitro benzene ring substituents is 1. The molecule has 0 saturated carbocycles. The Hall–Kier alpha value is -2.93. The lowest BCUT2D eigenvalue weighted by Crippen LogP contribution is -2.49. The molecular formula is C20H23N3O4. The molecule has 0 bridgehead atoms. The van der Waals surface area contributed by atoms with Crippen LogP contribution in [0.1, 0.15) is 18.4 Å². The number of carbonyl (C=O) groups excluding carboxylic acids is 1. The van der Waals surface area contributed by atoms with Gasteiger partial charge >= 0.3 is 0 Å². The molecule has 0 spiro atoms. The summed E-state index contributed by atoms with van der Waals surface area (Å²) < 4.78 is 5.88. The lowest BCUT2D eigenvalue weighted by Gasteiger charge is -2.33. The first-order valence-corrected chi connectivity index (χ1v) is 9.02. The largest absolute Gasteiger partial charge is 0.490 e. The van der Waals surface area contributed by atoms with E-state index < -0.39 is 11.0 Å². The van der Waals surface area contributed by atoms with Crippen LogP contribution in [0.3, 0.4) is 0 Å². The van der Waals surface area contributed by atoms with Crippen LogP contribution in [0, 0.1) is 10.1 Å². The number of nitrogens with zero attached hydrogens (tertiary/aromatic N) is 2. The minimum atomic E-state index is -0.542. The van der Waals surface area contributed by atoms with E-state index in [4.69, 9.17) is 10.5 Å². The van der Waals surface area contributed by atoms with Crippen LogP contribution in [0.4, 0.5) is 5.69 Å². The molecule has 1 fully saturated rings. The summed E-state index contributed by atoms with van der Waals surface area (Å²) in [5.41, 5.74) is 7.19. The van der Waals surface area contributed by atoms with Crippen molar-refractivity contribution in [3.8, 4) is 5.75 Å². The maximum atomic E-state index is 12.6. The third kappa shape index (κ3) is 5.04. The number of carbonyl (C=O) groups is 1. The third-order valence-electron chi connectivity index (χ3n) is 4.72. The van der Waals surface area contributed by atoms with Crippen LogP contribution >= 0.6 is 0 Å². The summed E-state index contributed by atoms with van der Waals surface area (Å²) in [6.07, 6.45) is 1.93. The molecule has 7 nitrogen and oxygen atoms in total. The molecule has 0 unspecified atom stereocenters. The molecule has 1 saturated heterocycles. The molecule has 0 radical (unpaired) electrons. The summed E-state index contributed by atoms with van der Waals surface area (Å²) in [4.78, 5) is 24.6. The number of amides is 1. The first-order chi connectivity index (χ1) is 13.0. The SMILES string of the molecule is N[C@@H](Cc1ccccc1)C(=O)N1CCC(Oc2ccc([N+](=O)[O-])cc2)CC1. The quantitative estimate of drug-likeness (QED) is 0.623. The Balaban J connectivity index is 1.48. The van der Waals surface area contributed by atoms with Gasteiger partial charge in [0.15, 0.2) is 0 Å². The van der Waals surface area contributed by atoms with Gasteiger partial charge in [-0.25, -0.2) is 0 Å². The first-order valence-electron chi connectivity index (χ1n) is 9.02. The number of hydrogen-bond acceptors (Lipinski definition) is 5. The van der Waals surface area contributed by atoms with Crippen molar-refractivity contribution in [3.63, 3.8) is 0 Å². The molecule has 1 aliphatic rings. The van der Waals surface area contributed by atoms with Crippen LogP contribution in [0.15, 0.2) is 54.6 Å². The highest BCUT2D eigenvalue weighted by Gasteiger charge is 2.27. The van der Waals surface area contributed by atoms with E-state index in [2.05, 4.69) is 0 Å². The highest BCUT2D eigenvalue weighted by Crippen LogP contribution is 2.22. The van der Waals surface area contributed by atoms with Crippen molar-refractivity contribution in [1.29, 1.82) is 0 Å². The molecule has 3 rings (SSSR count). The van der Waals surface area contributed by atoms with Gasteiger partial charge in [0.1, 0.15) is 11.9 Å². The Morgan fingerprint density at radius 3 is 2.37 bits per heavy atom. The van der Waals surface area contributed by atoms with Gasteiger partial charge in [-0.2, -0.15) is 0 Å². The van der Waals surface area contributed by atoms with Gasteiger partial charge in [0.05, 0.1) is 11.0 Å². The molecule has 1 atom stereocenters. The summed E-state index contributed by atoms with van der Waals surface area (Å²) >= 11 is 0. The van der Waals surface area contributed by atoms with Gasteiger partial charge in [-0.05, 0) is 24.1 Å². The number of nitrogens with two attached hydrogens (primary N) is 1. The number of nitro benzene ring substituents is 1. The fraction of sp³-hybridized carbons (Fsp3) is 0.350. The van der Waals surface area contributed by atoms with Crippen LogP contribution in [-0.4, -0.2) is 41.0 Å². The minimum absolute atomic E-state index is 0.0131. The number of likely N-dealkylation sites (tertiary alicyclic amines) is 1. The van der Waals surface area contributed by atoms with E-state index in [1.165, 1.54) is 12.1 Å². The van der Waals surface area contributed by atoms with E-state index >= 15 is 0 Å². The van der Waals surface area contributed by atoms with Gasteiger partial charge in [0.2, 0.25) is 5.91 Å². The number of rotatable bonds is 6. The monoisotopic (exact) mass is 369 g/mol. The summed E-state index contributed by atoms with van der Waals surface area (Å²) in [6, 6.07) is 15.3. The second-order valence-corrected chi connectivity index (χ2v) is 6.69. The van der Waals surface area contributed by atoms with Gasteiger partial charge in [0.25, 0.3) is 5.69 Å². The van der Waals surface area contributed by atoms with Crippen molar-refractivity contribution in [1.82, 2.24) is 4.90 Å². The standard InChI is InChI=1S/C20H23N3O4/c21-19(14-15-4-2-1-3-5-15)20(24)22-12-10-18(11-13-22)27-17-8-6-16(7-9-17)23(25)26/h1-9,18-19H,10-14,21H2/t19-/m0/s1. The average molecular weight is 369 g/mol. The van der Waals surface area contributed by atoms with Crippen molar-refractivity contribution in [2.24, 2.45) is 5.73 Å². The highest BCUT2D eigenvalue weighted by atomic mass is 16.6. The van der Waals surface area contributed by atoms with Crippen molar-refractivity contribution in [2.75, 3.05) is 13.1 Å². The summed E-state index contributed by atoms with van der Waals surface area (Å²) in [6.45, 7) is 1.19. The lowest BCUT2D eigenvalue weighted by atomic mass is 10.0. The molecule has 1 amide bonds. The van der Waals surface area contributed by atoms with Gasteiger partial charge in [0, 0.05) is 38.1 Å². The fourth-order valence-corrected chi connectivity index (χ4v) is 3.22. The molecule has 2 N–H and O–H groups in total. The van der Waals surface area contributed by atoms with E-state index in [9.17, 15) is 14.9 Å². The van der Waals surface area contributed by atoms with Crippen LogP contribution < -0.4 is 10.5 Å². The van der Waals surface area contributed by atoms with Crippen molar-refractivity contribution < 1.29 is 14.5 Å². The van der Waals surface area contributed by atoms with E-state index in [1.54, 1.807) is 17.0 Å². The Labute approximate surface area is 157 Å². The molecule has 142 valence electrons. The van der Waals surface area contributed by atoms with Gasteiger partial charge in [-0.1, -0.05) is 30.3 Å². The van der Waals surface area contributed by atoms with Crippen molar-refractivity contribution >= 4 is 11.6 Å². The molecule has 2 aromatic carbocycles. The molecule has 1 heterocycles. The number of piperidine rings is 1. The second kappa shape index (κ2) is 8.64. The molecule has 7 heteroatoms. The maximum Gasteiger partial charge on any atom is 0.269 e. The number of nitro groups is 1. The predicted octanol–water partition coefficient (Wildman–Crippen LogP) is 2.53. The van der Waals surface area contributed by atoms with E-state index in [0.29, 0.717) is 38.1 Å². The second-order valence-electron chi connectivity index (χ2n) is 6.69. The average Bonchev–Trinajstić information content (AvgIpc) is 2.69. The molecule has 0 aromatic heterocycles. The lowest BCUT2D eigenvalue weighted by molar-refractivity contribution is -0.384. The molecule has 27 heavy (non-hydrogen) atoms. The summed E-state index contributed by atoms with van der Waals surface area (Å²) in [7, 11) is 0. The Bertz CT molecular complexity index is 772. The molecule has 0 aliphatic carbocycles. The molecular weight excluding hydrogens is 346 g/mol. The van der Waals surface area contributed by atoms with Crippen LogP contribution in [0.25, 0.3) is 0 Å². The van der Waals surface area contributed by atoms with Crippen molar-refractivity contribution in [3.05, 3.63) is 70.3 Å². The zero-order valence-electron chi connectivity index (χ0n) is 15.0. The van der Waals surface area contributed by atoms with Crippen LogP contribution in [-0.2, 0) is 11.2 Å². The minimum Gasteiger partial charge on any atom is -0.490 e. The predicted molar refractivity (Wildman–Crippen MR) is 101 cm³/mol. The van der Waals surface area contributed by atoms with E-state index in [-0.39, 0.29) is 17.7 Å². The van der Waals surface area contributed by atoms with E-state index in [0.717, 1.165) is 5.56 Å². The summed E-state index contributed by atoms with van der Waals surface area (Å²) in [5, 5.41) is 10.7. The van der Waals surface area contributed by atoms with Gasteiger partial charge < -0.3 is 15.4 Å². The van der Waals surface area contributed by atoms with Crippen LogP contribution in [0.5, 0.6) is 5.75 Å². The number of ether oxygens (including phenoxy) is 1. The smallest absolute Gasteiger partial charge is 0.269 e. The number of hydrogen-bond donors (Lipinski definition) is 1. The van der Waals surface area contributed by atoms with Crippen LogP contribution in [0.2, 0.25) is 0 Å². The van der Waals surface area contributed by atoms with Gasteiger partial charge in [-0.15, -0.1) is 0 Å². The third-order valence-corrected chi connectivity index (χ3v) is 4.72. The zero-order valence-corrected chi connectivity index (χ0v) is 15.0. The Kier molecular flexibility index (Phi) is 6.03. The number of benzene rings is 2. The van der Waals surface area contributed by atoms with Gasteiger partial charge in [-0.3, -0.25) is 14.9 Å². The Morgan fingerprint density at radius 2 is 1.78 bits per heavy atom. The normalized spacial score (nSPS) is 16.0. The maximum absolute atomic E-state index is 12.6. The van der Waals surface area contributed by atoms with E-state index in [1.807, 2.05) is 30.3 Å². The highest BCUT2D eigenvalue weighted by molar-refractivity contribution is 5.82. The first kappa shape index (κ1) is 18.8. The fourth-order valence-electron chi connectivity index (χ4n) is 3.22. The zero-order chi connectivity index (χ0) is 19.2. The Morgan fingerprint density at radius 1 is 1.15 bits per heavy atom. The molecule has 1 aliphatic heterocycles. The topological polar surface area (TPSA) is 98.7 Å². The molecule has 2 aromatic rings.